The Morgan fingerprint density at radius 2 is 1.92 bits per heavy atom. The lowest BCUT2D eigenvalue weighted by Crippen LogP contribution is -2.44. The van der Waals surface area contributed by atoms with Crippen molar-refractivity contribution in [2.75, 3.05) is 7.05 Å². The monoisotopic (exact) mass is 359 g/mol. The van der Waals surface area contributed by atoms with Crippen LogP contribution in [0.15, 0.2) is 24.3 Å². The lowest BCUT2D eigenvalue weighted by atomic mass is 9.99. The van der Waals surface area contributed by atoms with Crippen molar-refractivity contribution in [2.45, 2.75) is 51.7 Å². The van der Waals surface area contributed by atoms with Crippen molar-refractivity contribution in [3.05, 3.63) is 29.8 Å². The topological polar surface area (TPSA) is 53.6 Å². The molecular formula is C17H24F3N3O2. The summed E-state index contributed by atoms with van der Waals surface area (Å²) in [5.74, 6) is 0.223. The minimum atomic E-state index is -4.71. The van der Waals surface area contributed by atoms with E-state index in [-0.39, 0.29) is 23.7 Å². The van der Waals surface area contributed by atoms with Crippen molar-refractivity contribution < 1.29 is 22.7 Å². The average Bonchev–Trinajstić information content (AvgIpc) is 2.94. The van der Waals surface area contributed by atoms with E-state index in [1.807, 2.05) is 0 Å². The minimum absolute atomic E-state index is 0.0469. The first-order valence-corrected chi connectivity index (χ1v) is 8.25. The van der Waals surface area contributed by atoms with E-state index in [1.165, 1.54) is 24.3 Å². The van der Waals surface area contributed by atoms with Gasteiger partial charge >= 0.3 is 6.36 Å². The largest absolute Gasteiger partial charge is 0.573 e. The van der Waals surface area contributed by atoms with Crippen LogP contribution < -0.4 is 15.6 Å². The van der Waals surface area contributed by atoms with Crippen LogP contribution in [0.2, 0.25) is 0 Å². The molecule has 2 rings (SSSR count). The lowest BCUT2D eigenvalue weighted by Gasteiger charge is -2.21. The summed E-state index contributed by atoms with van der Waals surface area (Å²) >= 11 is 0. The van der Waals surface area contributed by atoms with Gasteiger partial charge < -0.3 is 9.64 Å². The summed E-state index contributed by atoms with van der Waals surface area (Å²) in [7, 11) is 1.68. The number of carbonyl (C=O) groups is 1. The maximum Gasteiger partial charge on any atom is 0.573 e. The summed E-state index contributed by atoms with van der Waals surface area (Å²) in [6.07, 6.45) is -3.00. The first kappa shape index (κ1) is 19.5. The van der Waals surface area contributed by atoms with Gasteiger partial charge in [0.25, 0.3) is 0 Å². The van der Waals surface area contributed by atoms with Gasteiger partial charge in [-0.3, -0.25) is 10.2 Å². The van der Waals surface area contributed by atoms with Gasteiger partial charge in [0.05, 0.1) is 0 Å². The highest BCUT2D eigenvalue weighted by Crippen LogP contribution is 2.23. The fraction of sp³-hybridized carbons (Fsp3) is 0.588. The molecule has 25 heavy (non-hydrogen) atoms. The van der Waals surface area contributed by atoms with Gasteiger partial charge in [-0.15, -0.1) is 13.2 Å². The highest BCUT2D eigenvalue weighted by Gasteiger charge is 2.32. The maximum absolute atomic E-state index is 12.5. The molecule has 8 heteroatoms. The summed E-state index contributed by atoms with van der Waals surface area (Å²) in [5.41, 5.74) is 6.90. The van der Waals surface area contributed by atoms with Crippen molar-refractivity contribution in [1.82, 2.24) is 15.8 Å². The fourth-order valence-electron chi connectivity index (χ4n) is 2.92. The molecule has 0 aromatic heterocycles. The molecule has 1 aliphatic heterocycles. The molecule has 0 saturated carbocycles. The molecule has 1 amide bonds. The highest BCUT2D eigenvalue weighted by molar-refractivity contribution is 5.82. The SMILES string of the molecule is CC(C)CC1CC(C(=O)N(C)Cc2ccc(OC(F)(F)F)cc2)NN1. The van der Waals surface area contributed by atoms with E-state index in [1.54, 1.807) is 11.9 Å². The van der Waals surface area contributed by atoms with Gasteiger partial charge in [0.2, 0.25) is 5.91 Å². The Morgan fingerprint density at radius 1 is 1.28 bits per heavy atom. The quantitative estimate of drug-likeness (QED) is 0.820. The summed E-state index contributed by atoms with van der Waals surface area (Å²) < 4.78 is 40.3. The van der Waals surface area contributed by atoms with Crippen molar-refractivity contribution in [3.63, 3.8) is 0 Å². The van der Waals surface area contributed by atoms with Gasteiger partial charge in [0, 0.05) is 19.6 Å². The minimum Gasteiger partial charge on any atom is -0.406 e. The average molecular weight is 359 g/mol. The molecule has 1 saturated heterocycles. The molecule has 1 aromatic carbocycles. The zero-order chi connectivity index (χ0) is 18.6. The van der Waals surface area contributed by atoms with Crippen LogP contribution >= 0.6 is 0 Å². The van der Waals surface area contributed by atoms with Crippen molar-refractivity contribution in [1.29, 1.82) is 0 Å². The number of rotatable bonds is 6. The molecular weight excluding hydrogens is 335 g/mol. The first-order chi connectivity index (χ1) is 11.6. The number of amides is 1. The van der Waals surface area contributed by atoms with Crippen molar-refractivity contribution >= 4 is 5.91 Å². The Kier molecular flexibility index (Phi) is 6.29. The van der Waals surface area contributed by atoms with Gasteiger partial charge in [-0.2, -0.15) is 0 Å². The predicted octanol–water partition coefficient (Wildman–Crippen LogP) is 2.82. The third-order valence-corrected chi connectivity index (χ3v) is 3.99. The van der Waals surface area contributed by atoms with Crippen LogP contribution in [0.25, 0.3) is 0 Å². The third-order valence-electron chi connectivity index (χ3n) is 3.99. The summed E-state index contributed by atoms with van der Waals surface area (Å²) in [5, 5.41) is 0. The van der Waals surface area contributed by atoms with Crippen LogP contribution in [-0.4, -0.2) is 36.3 Å². The summed E-state index contributed by atoms with van der Waals surface area (Å²) in [6, 6.07) is 5.51. The fourth-order valence-corrected chi connectivity index (χ4v) is 2.92. The van der Waals surface area contributed by atoms with Crippen molar-refractivity contribution in [3.8, 4) is 5.75 Å². The number of ether oxygens (including phenoxy) is 1. The number of likely N-dealkylation sites (N-methyl/N-ethyl adjacent to an activating group) is 1. The molecule has 1 fully saturated rings. The molecule has 5 nitrogen and oxygen atoms in total. The zero-order valence-electron chi connectivity index (χ0n) is 14.6. The van der Waals surface area contributed by atoms with Gasteiger partial charge in [0.1, 0.15) is 11.8 Å². The second kappa shape index (κ2) is 8.05. The van der Waals surface area contributed by atoms with Crippen LogP contribution in [0.5, 0.6) is 5.75 Å². The molecule has 1 aliphatic rings. The van der Waals surface area contributed by atoms with E-state index in [4.69, 9.17) is 0 Å². The number of alkyl halides is 3. The van der Waals surface area contributed by atoms with E-state index < -0.39 is 6.36 Å². The number of hydrazine groups is 1. The number of nitrogens with one attached hydrogen (secondary N) is 2. The smallest absolute Gasteiger partial charge is 0.406 e. The van der Waals surface area contributed by atoms with E-state index in [0.717, 1.165) is 18.4 Å². The predicted molar refractivity (Wildman–Crippen MR) is 87.5 cm³/mol. The molecule has 140 valence electrons. The highest BCUT2D eigenvalue weighted by atomic mass is 19.4. The number of benzene rings is 1. The van der Waals surface area contributed by atoms with Gasteiger partial charge in [-0.05, 0) is 36.5 Å². The van der Waals surface area contributed by atoms with Crippen LogP contribution in [0.3, 0.4) is 0 Å². The molecule has 2 N–H and O–H groups in total. The first-order valence-electron chi connectivity index (χ1n) is 8.25. The van der Waals surface area contributed by atoms with E-state index in [0.29, 0.717) is 12.5 Å². The van der Waals surface area contributed by atoms with Crippen molar-refractivity contribution in [2.24, 2.45) is 5.92 Å². The van der Waals surface area contributed by atoms with Crippen LogP contribution in [0.1, 0.15) is 32.3 Å². The van der Waals surface area contributed by atoms with Crippen LogP contribution in [0.4, 0.5) is 13.2 Å². The molecule has 1 aromatic rings. The van der Waals surface area contributed by atoms with Gasteiger partial charge in [-0.25, -0.2) is 5.43 Å². The second-order valence-corrected chi connectivity index (χ2v) is 6.79. The van der Waals surface area contributed by atoms with E-state index in [9.17, 15) is 18.0 Å². The Bertz CT molecular complexity index is 575. The molecule has 0 bridgehead atoms. The number of hydrogen-bond donors (Lipinski definition) is 2. The standard InChI is InChI=1S/C17H24F3N3O2/c1-11(2)8-13-9-15(22-21-13)16(24)23(3)10-12-4-6-14(7-5-12)25-17(18,19)20/h4-7,11,13,15,21-22H,8-10H2,1-3H3. The Morgan fingerprint density at radius 3 is 2.48 bits per heavy atom. The second-order valence-electron chi connectivity index (χ2n) is 6.79. The number of carbonyl (C=O) groups excluding carboxylic acids is 1. The molecule has 2 unspecified atom stereocenters. The lowest BCUT2D eigenvalue weighted by molar-refractivity contribution is -0.274. The summed E-state index contributed by atoms with van der Waals surface area (Å²) in [4.78, 5) is 14.1. The molecule has 2 atom stereocenters. The third kappa shape index (κ3) is 6.21. The Hall–Kier alpha value is -1.80. The van der Waals surface area contributed by atoms with Crippen LogP contribution in [0, 0.1) is 5.92 Å². The maximum atomic E-state index is 12.5. The normalized spacial score (nSPS) is 20.8. The molecule has 0 radical (unpaired) electrons. The number of nitrogens with zero attached hydrogens (tertiary/aromatic N) is 1. The Labute approximate surface area is 145 Å². The summed E-state index contributed by atoms with van der Waals surface area (Å²) in [6.45, 7) is 4.59. The van der Waals surface area contributed by atoms with Gasteiger partial charge in [-0.1, -0.05) is 26.0 Å². The molecule has 0 aliphatic carbocycles. The molecule has 0 spiro atoms. The number of hydrogen-bond acceptors (Lipinski definition) is 4. The Balaban J connectivity index is 1.87. The number of halogens is 3. The van der Waals surface area contributed by atoms with E-state index in [2.05, 4.69) is 29.4 Å². The zero-order valence-corrected chi connectivity index (χ0v) is 14.6. The van der Waals surface area contributed by atoms with Crippen LogP contribution in [-0.2, 0) is 11.3 Å². The van der Waals surface area contributed by atoms with E-state index >= 15 is 0 Å². The van der Waals surface area contributed by atoms with Gasteiger partial charge in [0.15, 0.2) is 0 Å². The molecule has 1 heterocycles.